The Labute approximate surface area is 140 Å². The fraction of sp³-hybridized carbons (Fsp3) is 0.733. The topological polar surface area (TPSA) is 32.3 Å². The van der Waals surface area contributed by atoms with Crippen molar-refractivity contribution in [3.8, 4) is 0 Å². The molecule has 0 N–H and O–H groups in total. The third-order valence-corrected chi connectivity index (χ3v) is 12.3. The van der Waals surface area contributed by atoms with E-state index in [-0.39, 0.29) is 0 Å². The van der Waals surface area contributed by atoms with E-state index < -0.39 is 24.7 Å². The molecule has 0 aromatic carbocycles. The highest BCUT2D eigenvalue weighted by atomic mass is 28.4. The number of anilines is 1. The molecule has 126 valence electrons. The predicted octanol–water partition coefficient (Wildman–Crippen LogP) is 4.62. The lowest BCUT2D eigenvalue weighted by Crippen LogP contribution is -2.72. The average Bonchev–Trinajstić information content (AvgIpc) is 2.18. The number of hydrogen-bond acceptors (Lipinski definition) is 4. The second-order valence-electron chi connectivity index (χ2n) is 9.09. The van der Waals surface area contributed by atoms with Gasteiger partial charge in [0.25, 0.3) is 0 Å². The number of nitrogens with zero attached hydrogens (tertiary/aromatic N) is 4. The predicted molar refractivity (Wildman–Crippen MR) is 106 cm³/mol. The van der Waals surface area contributed by atoms with Crippen molar-refractivity contribution in [2.45, 2.75) is 72.8 Å². The van der Waals surface area contributed by atoms with Gasteiger partial charge in [0.05, 0.1) is 0 Å². The zero-order valence-electron chi connectivity index (χ0n) is 16.4. The molecule has 0 saturated heterocycles. The molecule has 0 aliphatic heterocycles. The molecular formula is C15H34N4Si3. The molecule has 1 rings (SSSR count). The van der Waals surface area contributed by atoms with Crippen LogP contribution < -0.4 is 4.67 Å². The highest BCUT2D eigenvalue weighted by Gasteiger charge is 2.44. The summed E-state index contributed by atoms with van der Waals surface area (Å²) in [4.78, 5) is 9.60. The van der Waals surface area contributed by atoms with Crippen LogP contribution in [0.1, 0.15) is 11.4 Å². The first kappa shape index (κ1) is 19.5. The van der Waals surface area contributed by atoms with E-state index in [0.29, 0.717) is 0 Å². The molecule has 0 fully saturated rings. The first-order chi connectivity index (χ1) is 9.64. The molecule has 0 amide bonds. The Morgan fingerprint density at radius 1 is 0.682 bits per heavy atom. The summed E-state index contributed by atoms with van der Waals surface area (Å²) in [6.07, 6.45) is 0. The van der Waals surface area contributed by atoms with Crippen LogP contribution in [-0.4, -0.2) is 39.0 Å². The monoisotopic (exact) mass is 354 g/mol. The van der Waals surface area contributed by atoms with Crippen molar-refractivity contribution < 1.29 is 0 Å². The maximum atomic E-state index is 4.80. The number of hydrazine groups is 1. The number of aromatic nitrogens is 2. The van der Waals surface area contributed by atoms with E-state index in [1.807, 2.05) is 0 Å². The lowest BCUT2D eigenvalue weighted by Gasteiger charge is -2.54. The number of aryl methyl sites for hydroxylation is 2. The van der Waals surface area contributed by atoms with Crippen LogP contribution in [0.2, 0.25) is 58.9 Å². The minimum Gasteiger partial charge on any atom is -0.316 e. The molecule has 7 heteroatoms. The lowest BCUT2D eigenvalue weighted by atomic mass is 10.4. The van der Waals surface area contributed by atoms with E-state index in [2.05, 4.69) is 87.9 Å². The maximum absolute atomic E-state index is 4.80. The minimum absolute atomic E-state index is 0.904. The molecule has 0 bridgehead atoms. The van der Waals surface area contributed by atoms with E-state index in [9.17, 15) is 0 Å². The van der Waals surface area contributed by atoms with Gasteiger partial charge in [-0.1, -0.05) is 58.9 Å². The van der Waals surface area contributed by atoms with Gasteiger partial charge in [-0.2, -0.15) is 0 Å². The third kappa shape index (κ3) is 4.74. The summed E-state index contributed by atoms with van der Waals surface area (Å²) in [6.45, 7) is 25.9. The van der Waals surface area contributed by atoms with Gasteiger partial charge in [-0.25, -0.2) is 9.97 Å². The Morgan fingerprint density at radius 2 is 1.05 bits per heavy atom. The molecule has 0 saturated carbocycles. The van der Waals surface area contributed by atoms with Crippen LogP contribution in [0, 0.1) is 13.8 Å². The van der Waals surface area contributed by atoms with Gasteiger partial charge in [-0.05, 0) is 19.9 Å². The van der Waals surface area contributed by atoms with Gasteiger partial charge >= 0.3 is 0 Å². The van der Waals surface area contributed by atoms with Crippen molar-refractivity contribution in [2.24, 2.45) is 0 Å². The SMILES string of the molecule is Cc1cc(C)nc(N(N([Si](C)(C)C)[Si](C)(C)C)[Si](C)(C)C)n1. The summed E-state index contributed by atoms with van der Waals surface area (Å²) in [6, 6.07) is 2.05. The molecule has 1 aromatic rings. The maximum Gasteiger partial charge on any atom is 0.231 e. The van der Waals surface area contributed by atoms with Gasteiger partial charge in [0.1, 0.15) is 16.5 Å². The summed E-state index contributed by atoms with van der Waals surface area (Å²) in [5, 5.41) is 0. The minimum atomic E-state index is -1.65. The summed E-state index contributed by atoms with van der Waals surface area (Å²) >= 11 is 0. The summed E-state index contributed by atoms with van der Waals surface area (Å²) in [5.74, 6) is 0.904. The highest BCUT2D eigenvalue weighted by molar-refractivity contribution is 6.92. The van der Waals surface area contributed by atoms with E-state index in [4.69, 9.17) is 9.97 Å². The van der Waals surface area contributed by atoms with Crippen LogP contribution in [0.3, 0.4) is 0 Å². The first-order valence-electron chi connectivity index (χ1n) is 8.07. The Bertz CT molecular complexity index is 493. The number of hydrogen-bond donors (Lipinski definition) is 0. The number of rotatable bonds is 5. The van der Waals surface area contributed by atoms with Crippen molar-refractivity contribution in [3.05, 3.63) is 17.5 Å². The average molecular weight is 355 g/mol. The van der Waals surface area contributed by atoms with Crippen LogP contribution in [0.25, 0.3) is 0 Å². The van der Waals surface area contributed by atoms with Gasteiger partial charge < -0.3 is 4.67 Å². The molecule has 1 heterocycles. The quantitative estimate of drug-likeness (QED) is 0.570. The van der Waals surface area contributed by atoms with E-state index in [0.717, 1.165) is 17.3 Å². The normalized spacial score (nSPS) is 13.6. The molecule has 0 spiro atoms. The van der Waals surface area contributed by atoms with Gasteiger partial charge in [0, 0.05) is 11.4 Å². The molecule has 1 aromatic heterocycles. The summed E-state index contributed by atoms with van der Waals surface area (Å²) in [5.41, 5.74) is 2.11. The van der Waals surface area contributed by atoms with Gasteiger partial charge in [0.2, 0.25) is 5.95 Å². The van der Waals surface area contributed by atoms with Crippen molar-refractivity contribution in [2.75, 3.05) is 4.67 Å². The summed E-state index contributed by atoms with van der Waals surface area (Å²) < 4.78 is 5.26. The molecule has 0 atom stereocenters. The molecule has 0 unspecified atom stereocenters. The van der Waals surface area contributed by atoms with E-state index >= 15 is 0 Å². The van der Waals surface area contributed by atoms with Gasteiger partial charge in [0.15, 0.2) is 8.24 Å². The zero-order chi connectivity index (χ0) is 17.5. The van der Waals surface area contributed by atoms with Crippen LogP contribution in [0.4, 0.5) is 5.95 Å². The first-order valence-corrected chi connectivity index (χ1v) is 18.4. The molecule has 0 aliphatic carbocycles. The van der Waals surface area contributed by atoms with Crippen LogP contribution in [-0.2, 0) is 0 Å². The van der Waals surface area contributed by atoms with Gasteiger partial charge in [-0.3, -0.25) is 4.34 Å². The molecule has 22 heavy (non-hydrogen) atoms. The van der Waals surface area contributed by atoms with Crippen LogP contribution in [0.5, 0.6) is 0 Å². The third-order valence-electron chi connectivity index (χ3n) is 3.27. The Balaban J connectivity index is 3.58. The largest absolute Gasteiger partial charge is 0.316 e. The highest BCUT2D eigenvalue weighted by Crippen LogP contribution is 2.30. The van der Waals surface area contributed by atoms with E-state index in [1.165, 1.54) is 0 Å². The van der Waals surface area contributed by atoms with Crippen LogP contribution in [0.15, 0.2) is 6.07 Å². The molecule has 0 aliphatic rings. The van der Waals surface area contributed by atoms with Crippen molar-refractivity contribution in [1.82, 2.24) is 14.3 Å². The zero-order valence-corrected chi connectivity index (χ0v) is 19.4. The Hall–Kier alpha value is -0.509. The van der Waals surface area contributed by atoms with Gasteiger partial charge in [-0.15, -0.1) is 0 Å². The Morgan fingerprint density at radius 3 is 1.32 bits per heavy atom. The molecule has 4 nitrogen and oxygen atoms in total. The fourth-order valence-electron chi connectivity index (χ4n) is 3.10. The Kier molecular flexibility index (Phi) is 5.49. The molecular weight excluding hydrogens is 320 g/mol. The fourth-order valence-corrected chi connectivity index (χ4v) is 17.4. The lowest BCUT2D eigenvalue weighted by molar-refractivity contribution is 0.627. The standard InChI is InChI=1S/C15H34N4Si3/c1-13-12-14(2)17-15(16-13)18(20(3,4)5)19(21(6,7)8)22(9,10)11/h12H,1-11H3. The molecule has 0 radical (unpaired) electrons. The van der Waals surface area contributed by atoms with Crippen molar-refractivity contribution >= 4 is 30.7 Å². The second kappa shape index (κ2) is 6.18. The van der Waals surface area contributed by atoms with Crippen LogP contribution >= 0.6 is 0 Å². The summed E-state index contributed by atoms with van der Waals surface area (Å²) in [7, 11) is -4.73. The van der Waals surface area contributed by atoms with E-state index in [1.54, 1.807) is 0 Å². The van der Waals surface area contributed by atoms with Crippen molar-refractivity contribution in [1.29, 1.82) is 0 Å². The smallest absolute Gasteiger partial charge is 0.231 e. The van der Waals surface area contributed by atoms with Crippen molar-refractivity contribution in [3.63, 3.8) is 0 Å². The second-order valence-corrected chi connectivity index (χ2v) is 23.8.